The lowest BCUT2D eigenvalue weighted by Crippen LogP contribution is -2.42. The van der Waals surface area contributed by atoms with Gasteiger partial charge in [0.25, 0.3) is 5.91 Å². The molecule has 21 heavy (non-hydrogen) atoms. The van der Waals surface area contributed by atoms with Gasteiger partial charge in [-0.1, -0.05) is 0 Å². The summed E-state index contributed by atoms with van der Waals surface area (Å²) in [6, 6.07) is 1.84. The van der Waals surface area contributed by atoms with Gasteiger partial charge >= 0.3 is 0 Å². The quantitative estimate of drug-likeness (QED) is 0.845. The van der Waals surface area contributed by atoms with Crippen molar-refractivity contribution in [3.8, 4) is 0 Å². The molecule has 1 fully saturated rings. The molecule has 1 amide bonds. The first-order valence-electron chi connectivity index (χ1n) is 6.75. The molecule has 0 spiro atoms. The molecule has 1 atom stereocenters. The van der Waals surface area contributed by atoms with Crippen LogP contribution in [0.25, 0.3) is 0 Å². The van der Waals surface area contributed by atoms with E-state index < -0.39 is 0 Å². The second kappa shape index (κ2) is 5.87. The first kappa shape index (κ1) is 14.1. The van der Waals surface area contributed by atoms with Crippen molar-refractivity contribution in [2.75, 3.05) is 19.7 Å². The molecule has 6 nitrogen and oxygen atoms in total. The van der Waals surface area contributed by atoms with E-state index in [0.29, 0.717) is 30.4 Å². The van der Waals surface area contributed by atoms with Crippen molar-refractivity contribution >= 4 is 17.2 Å². The monoisotopic (exact) mass is 304 g/mol. The maximum atomic E-state index is 12.5. The van der Waals surface area contributed by atoms with Gasteiger partial charge in [0.1, 0.15) is 16.8 Å². The van der Waals surface area contributed by atoms with Crippen LogP contribution < -0.4 is 0 Å². The molecule has 3 heterocycles. The molecule has 0 bridgehead atoms. The smallest absolute Gasteiger partial charge is 0.266 e. The van der Waals surface area contributed by atoms with Crippen LogP contribution in [0.1, 0.15) is 33.0 Å². The summed E-state index contributed by atoms with van der Waals surface area (Å²) < 4.78 is 5.75. The third kappa shape index (κ3) is 2.93. The highest BCUT2D eigenvalue weighted by Crippen LogP contribution is 2.23. The van der Waals surface area contributed by atoms with Gasteiger partial charge in [-0.3, -0.25) is 4.79 Å². The maximum absolute atomic E-state index is 12.5. The molecule has 3 rings (SSSR count). The predicted molar refractivity (Wildman–Crippen MR) is 78.2 cm³/mol. The van der Waals surface area contributed by atoms with Gasteiger partial charge in [0.2, 0.25) is 0 Å². The Bertz CT molecular complexity index is 658. The van der Waals surface area contributed by atoms with Crippen LogP contribution in [-0.2, 0) is 4.74 Å². The first-order valence-corrected chi connectivity index (χ1v) is 7.63. The molecule has 0 saturated carbocycles. The van der Waals surface area contributed by atoms with Crippen LogP contribution in [-0.4, -0.2) is 45.5 Å². The summed E-state index contributed by atoms with van der Waals surface area (Å²) in [6.45, 7) is 5.31. The highest BCUT2D eigenvalue weighted by atomic mass is 32.1. The van der Waals surface area contributed by atoms with Crippen LogP contribution in [0.2, 0.25) is 0 Å². The van der Waals surface area contributed by atoms with Crippen LogP contribution in [0.3, 0.4) is 0 Å². The normalized spacial score (nSPS) is 18.8. The fourth-order valence-corrected chi connectivity index (χ4v) is 3.09. The third-order valence-corrected chi connectivity index (χ3v) is 4.34. The summed E-state index contributed by atoms with van der Waals surface area (Å²) in [5.41, 5.74) is 3.31. The van der Waals surface area contributed by atoms with E-state index in [1.54, 1.807) is 11.7 Å². The van der Waals surface area contributed by atoms with Gasteiger partial charge in [0.05, 0.1) is 30.1 Å². The number of carbonyl (C=O) groups is 1. The molecular formula is C14H16N4O2S. The second-order valence-electron chi connectivity index (χ2n) is 4.91. The number of morpholine rings is 1. The van der Waals surface area contributed by atoms with Crippen molar-refractivity contribution < 1.29 is 9.53 Å². The number of aromatic nitrogens is 3. The molecule has 1 saturated heterocycles. The average Bonchev–Trinajstić information content (AvgIpc) is 2.93. The summed E-state index contributed by atoms with van der Waals surface area (Å²) in [7, 11) is 0. The van der Waals surface area contributed by atoms with E-state index in [0.717, 1.165) is 11.4 Å². The number of hydrogen-bond acceptors (Lipinski definition) is 6. The molecule has 0 aromatic carbocycles. The number of amides is 1. The maximum Gasteiger partial charge on any atom is 0.266 e. The Kier molecular flexibility index (Phi) is 3.94. The average molecular weight is 304 g/mol. The molecule has 7 heteroatoms. The highest BCUT2D eigenvalue weighted by molar-refractivity contribution is 7.11. The Hall–Kier alpha value is -1.86. The number of ether oxygens (including phenoxy) is 1. The Balaban J connectivity index is 1.77. The number of nitrogens with zero attached hydrogens (tertiary/aromatic N) is 4. The van der Waals surface area contributed by atoms with Crippen molar-refractivity contribution in [2.45, 2.75) is 20.0 Å². The zero-order valence-electron chi connectivity index (χ0n) is 11.9. The zero-order valence-corrected chi connectivity index (χ0v) is 12.8. The fourth-order valence-electron chi connectivity index (χ4n) is 2.32. The molecule has 110 valence electrons. The van der Waals surface area contributed by atoms with Crippen LogP contribution in [0, 0.1) is 13.8 Å². The van der Waals surface area contributed by atoms with Gasteiger partial charge < -0.3 is 9.64 Å². The number of hydrogen-bond donors (Lipinski definition) is 0. The van der Waals surface area contributed by atoms with E-state index in [1.165, 1.54) is 11.3 Å². The van der Waals surface area contributed by atoms with Crippen molar-refractivity contribution in [3.05, 3.63) is 39.9 Å². The second-order valence-corrected chi connectivity index (χ2v) is 5.76. The van der Waals surface area contributed by atoms with Crippen LogP contribution in [0.15, 0.2) is 17.8 Å². The van der Waals surface area contributed by atoms with E-state index in [1.807, 2.05) is 24.8 Å². The van der Waals surface area contributed by atoms with E-state index in [-0.39, 0.29) is 12.0 Å². The molecule has 0 radical (unpaired) electrons. The van der Waals surface area contributed by atoms with Gasteiger partial charge in [0, 0.05) is 12.7 Å². The van der Waals surface area contributed by atoms with Gasteiger partial charge in [-0.2, -0.15) is 0 Å². The lowest BCUT2D eigenvalue weighted by atomic mass is 10.2. The SMILES string of the molecule is Cc1nccc(C2CN(C(=O)c3scnc3C)CCO2)n1. The molecule has 1 aliphatic heterocycles. The fraction of sp³-hybridized carbons (Fsp3) is 0.429. The minimum absolute atomic E-state index is 0.0223. The summed E-state index contributed by atoms with van der Waals surface area (Å²) in [5, 5.41) is 0. The molecule has 2 aromatic rings. The summed E-state index contributed by atoms with van der Waals surface area (Å²) in [6.07, 6.45) is 1.52. The standard InChI is InChI=1S/C14H16N4O2S/c1-9-13(21-8-16-9)14(19)18-5-6-20-12(7-18)11-3-4-15-10(2)17-11/h3-4,8,12H,5-7H2,1-2H3. The Morgan fingerprint density at radius 3 is 3.00 bits per heavy atom. The van der Waals surface area contributed by atoms with Gasteiger partial charge in [-0.15, -0.1) is 11.3 Å². The predicted octanol–water partition coefficient (Wildman–Crippen LogP) is 1.76. The van der Waals surface area contributed by atoms with Crippen LogP contribution in [0.4, 0.5) is 0 Å². The van der Waals surface area contributed by atoms with Gasteiger partial charge in [-0.25, -0.2) is 15.0 Å². The van der Waals surface area contributed by atoms with Crippen LogP contribution in [0.5, 0.6) is 0 Å². The number of carbonyl (C=O) groups excluding carboxylic acids is 1. The van der Waals surface area contributed by atoms with E-state index in [4.69, 9.17) is 4.74 Å². The first-order chi connectivity index (χ1) is 10.1. The molecule has 1 unspecified atom stereocenters. The van der Waals surface area contributed by atoms with Crippen molar-refractivity contribution in [3.63, 3.8) is 0 Å². The zero-order chi connectivity index (χ0) is 14.8. The van der Waals surface area contributed by atoms with Crippen molar-refractivity contribution in [1.82, 2.24) is 19.9 Å². The summed E-state index contributed by atoms with van der Waals surface area (Å²) >= 11 is 1.38. The van der Waals surface area contributed by atoms with Crippen molar-refractivity contribution in [2.24, 2.45) is 0 Å². The minimum atomic E-state index is -0.197. The molecule has 2 aromatic heterocycles. The molecule has 0 N–H and O–H groups in total. The van der Waals surface area contributed by atoms with Gasteiger partial charge in [0.15, 0.2) is 0 Å². The Morgan fingerprint density at radius 2 is 2.29 bits per heavy atom. The molecule has 1 aliphatic rings. The lowest BCUT2D eigenvalue weighted by molar-refractivity contribution is -0.0247. The number of aryl methyl sites for hydroxylation is 2. The van der Waals surface area contributed by atoms with E-state index in [2.05, 4.69) is 15.0 Å². The topological polar surface area (TPSA) is 68.2 Å². The number of thiazole rings is 1. The molecular weight excluding hydrogens is 288 g/mol. The summed E-state index contributed by atoms with van der Waals surface area (Å²) in [4.78, 5) is 27.7. The van der Waals surface area contributed by atoms with E-state index in [9.17, 15) is 4.79 Å². The van der Waals surface area contributed by atoms with Gasteiger partial charge in [-0.05, 0) is 19.9 Å². The van der Waals surface area contributed by atoms with Crippen molar-refractivity contribution in [1.29, 1.82) is 0 Å². The van der Waals surface area contributed by atoms with Crippen LogP contribution >= 0.6 is 11.3 Å². The Labute approximate surface area is 126 Å². The molecule has 0 aliphatic carbocycles. The summed E-state index contributed by atoms with van der Waals surface area (Å²) in [5.74, 6) is 0.729. The highest BCUT2D eigenvalue weighted by Gasteiger charge is 2.28. The largest absolute Gasteiger partial charge is 0.368 e. The lowest BCUT2D eigenvalue weighted by Gasteiger charge is -2.32. The Morgan fingerprint density at radius 1 is 1.43 bits per heavy atom. The van der Waals surface area contributed by atoms with E-state index >= 15 is 0 Å². The number of rotatable bonds is 2. The third-order valence-electron chi connectivity index (χ3n) is 3.42. The minimum Gasteiger partial charge on any atom is -0.368 e.